The van der Waals surface area contributed by atoms with Crippen molar-refractivity contribution in [2.45, 2.75) is 111 Å². The van der Waals surface area contributed by atoms with Gasteiger partial charge in [-0.25, -0.2) is 15.2 Å². The number of aromatic nitrogens is 2. The summed E-state index contributed by atoms with van der Waals surface area (Å²) in [5, 5.41) is 18.1. The topological polar surface area (TPSA) is 157 Å². The van der Waals surface area contributed by atoms with Crippen LogP contribution in [0, 0.1) is 5.41 Å². The molecule has 0 unspecified atom stereocenters. The zero-order valence-corrected chi connectivity index (χ0v) is 34.8. The number of hydrazine groups is 1. The number of rotatable bonds is 15. The molecule has 13 nitrogen and oxygen atoms in total. The van der Waals surface area contributed by atoms with E-state index in [9.17, 15) is 19.5 Å². The number of fused-ring (bicyclic) bond motifs is 1. The van der Waals surface area contributed by atoms with Gasteiger partial charge in [-0.2, -0.15) is 0 Å². The number of thiazole rings is 1. The number of nitrogens with one attached hydrogen (secondary N) is 2. The fraction of sp³-hybridized carbons (Fsp3) is 0.537. The number of hydrogen-bond donors (Lipinski definition) is 3. The number of carbonyl (C=O) groups is 3. The van der Waals surface area contributed by atoms with E-state index in [1.807, 2.05) is 45.2 Å². The minimum absolute atomic E-state index is 0.00450. The second-order valence-corrected chi connectivity index (χ2v) is 16.4. The van der Waals surface area contributed by atoms with E-state index >= 15 is 0 Å². The highest BCUT2D eigenvalue weighted by atomic mass is 32.1. The number of nitrogens with zero attached hydrogens (tertiary/aromatic N) is 4. The molecule has 0 aliphatic carbocycles. The smallest absolute Gasteiger partial charge is 0.408 e. The fourth-order valence-electron chi connectivity index (χ4n) is 6.71. The van der Waals surface area contributed by atoms with Gasteiger partial charge in [0, 0.05) is 66.9 Å². The van der Waals surface area contributed by atoms with E-state index in [-0.39, 0.29) is 19.1 Å². The number of amides is 2. The van der Waals surface area contributed by atoms with Gasteiger partial charge in [-0.15, -0.1) is 11.3 Å². The predicted molar refractivity (Wildman–Crippen MR) is 218 cm³/mol. The number of methoxy groups -OCH3 is 2. The second-order valence-electron chi connectivity index (χ2n) is 15.4. The van der Waals surface area contributed by atoms with Crippen molar-refractivity contribution >= 4 is 52.0 Å². The highest BCUT2D eigenvalue weighted by molar-refractivity contribution is 7.10. The quantitative estimate of drug-likeness (QED) is 0.0894. The van der Waals surface area contributed by atoms with Crippen molar-refractivity contribution in [3.05, 3.63) is 58.2 Å². The third-order valence-corrected chi connectivity index (χ3v) is 10.3. The molecule has 3 atom stereocenters. The summed E-state index contributed by atoms with van der Waals surface area (Å²) in [4.78, 5) is 48.9. The van der Waals surface area contributed by atoms with Gasteiger partial charge in [0.15, 0.2) is 0 Å². The Labute approximate surface area is 328 Å². The summed E-state index contributed by atoms with van der Waals surface area (Å²) in [6.07, 6.45) is 4.35. The van der Waals surface area contributed by atoms with E-state index in [0.717, 1.165) is 39.0 Å². The maximum atomic E-state index is 13.9. The second kappa shape index (κ2) is 18.5. The van der Waals surface area contributed by atoms with Gasteiger partial charge in [-0.05, 0) is 83.9 Å². The van der Waals surface area contributed by atoms with Crippen LogP contribution in [0.1, 0.15) is 84.5 Å². The van der Waals surface area contributed by atoms with Crippen LogP contribution in [0.3, 0.4) is 0 Å². The normalized spacial score (nSPS) is 16.9. The summed E-state index contributed by atoms with van der Waals surface area (Å²) in [6, 6.07) is 4.56. The third kappa shape index (κ3) is 10.5. The van der Waals surface area contributed by atoms with Crippen molar-refractivity contribution in [3.63, 3.8) is 0 Å². The van der Waals surface area contributed by atoms with Crippen molar-refractivity contribution in [1.82, 2.24) is 25.3 Å². The predicted octanol–water partition coefficient (Wildman–Crippen LogP) is 6.47. The van der Waals surface area contributed by atoms with Crippen LogP contribution in [0.4, 0.5) is 4.79 Å². The molecule has 3 aromatic rings. The van der Waals surface area contributed by atoms with E-state index in [1.54, 1.807) is 34.1 Å². The van der Waals surface area contributed by atoms with E-state index in [1.165, 1.54) is 23.5 Å². The number of aryl methyl sites for hydroxylation is 1. The van der Waals surface area contributed by atoms with Gasteiger partial charge in [0.05, 0.1) is 35.3 Å². The Morgan fingerprint density at radius 3 is 2.55 bits per heavy atom. The van der Waals surface area contributed by atoms with Crippen molar-refractivity contribution in [2.24, 2.45) is 10.4 Å². The molecule has 0 radical (unpaired) electrons. The van der Waals surface area contributed by atoms with Crippen LogP contribution in [0.25, 0.3) is 27.7 Å². The van der Waals surface area contributed by atoms with E-state index in [4.69, 9.17) is 24.2 Å². The lowest BCUT2D eigenvalue weighted by atomic mass is 9.84. The summed E-state index contributed by atoms with van der Waals surface area (Å²) in [5.41, 5.74) is 8.04. The highest BCUT2D eigenvalue weighted by Crippen LogP contribution is 2.40. The maximum Gasteiger partial charge on any atom is 0.408 e. The van der Waals surface area contributed by atoms with Crippen molar-refractivity contribution < 1.29 is 33.7 Å². The molecule has 1 saturated heterocycles. The fourth-order valence-corrected chi connectivity index (χ4v) is 7.56. The van der Waals surface area contributed by atoms with Gasteiger partial charge >= 0.3 is 12.1 Å². The molecule has 0 spiro atoms. The van der Waals surface area contributed by atoms with Gasteiger partial charge in [0.2, 0.25) is 0 Å². The Balaban J connectivity index is 1.79. The molecule has 1 fully saturated rings. The minimum atomic E-state index is -1.02. The average Bonchev–Trinajstić information content (AvgIpc) is 3.74. The number of esters is 1. The lowest BCUT2D eigenvalue weighted by Gasteiger charge is -2.34. The minimum Gasteiger partial charge on any atom is -0.468 e. The number of carbonyl (C=O) groups excluding carboxylic acids is 3. The summed E-state index contributed by atoms with van der Waals surface area (Å²) >= 11 is 1.39. The summed E-state index contributed by atoms with van der Waals surface area (Å²) in [7, 11) is 2.97. The molecule has 55 heavy (non-hydrogen) atoms. The van der Waals surface area contributed by atoms with Crippen molar-refractivity contribution in [1.29, 1.82) is 0 Å². The molecule has 0 saturated carbocycles. The molecular weight excluding hydrogens is 721 g/mol. The first-order valence-electron chi connectivity index (χ1n) is 18.7. The molecule has 14 heteroatoms. The standard InChI is InChI=1S/C41H58N6O7S/c1-12-27(35(42-13-2)25(4)52-10)36-29(22-41(8,9)24-48)28-20-26(17-18-33(28)46(36)14-3)32-23-55-34(43-32)21-31(44-39(51)54-40(5,6)7)37(49)47-19-15-16-30(45-47)38(50)53-11/h12-13,17-18,20,23,25,30-31,45,48H,1,14-16,19,21-22,24H2,2-11H3,(H,44,51)/b35-27+,42-13?/t25-,30-,31-/m0/s1. The largest absolute Gasteiger partial charge is 0.468 e. The molecule has 3 N–H and O–H groups in total. The third-order valence-electron chi connectivity index (χ3n) is 9.46. The number of benzene rings is 1. The molecule has 1 aromatic carbocycles. The molecule has 1 aliphatic rings. The molecule has 1 aliphatic heterocycles. The first-order valence-corrected chi connectivity index (χ1v) is 19.6. The van der Waals surface area contributed by atoms with E-state index in [0.29, 0.717) is 43.1 Å². The van der Waals surface area contributed by atoms with Crippen LogP contribution >= 0.6 is 11.3 Å². The van der Waals surface area contributed by atoms with Crippen LogP contribution in [0.15, 0.2) is 46.9 Å². The summed E-state index contributed by atoms with van der Waals surface area (Å²) in [5.74, 6) is -0.876. The number of aliphatic imine (C=N–C) groups is 1. The number of ether oxygens (including phenoxy) is 3. The van der Waals surface area contributed by atoms with Crippen molar-refractivity contribution in [2.75, 3.05) is 27.4 Å². The lowest BCUT2D eigenvalue weighted by molar-refractivity contribution is -0.150. The van der Waals surface area contributed by atoms with Gasteiger partial charge in [-0.3, -0.25) is 19.6 Å². The van der Waals surface area contributed by atoms with Gasteiger partial charge < -0.3 is 29.2 Å². The Morgan fingerprint density at radius 1 is 1.22 bits per heavy atom. The van der Waals surface area contributed by atoms with E-state index in [2.05, 4.69) is 40.9 Å². The average molecular weight is 779 g/mol. The Bertz CT molecular complexity index is 1920. The number of hydrogen-bond acceptors (Lipinski definition) is 11. The van der Waals surface area contributed by atoms with Crippen LogP contribution in [-0.4, -0.2) is 95.0 Å². The zero-order chi connectivity index (χ0) is 40.7. The number of alkyl carbamates (subject to hydrolysis) is 1. The number of allylic oxidation sites excluding steroid dienone is 2. The monoisotopic (exact) mass is 778 g/mol. The van der Waals surface area contributed by atoms with Crippen LogP contribution in [-0.2, 0) is 43.2 Å². The zero-order valence-electron chi connectivity index (χ0n) is 33.9. The molecule has 2 amide bonds. The van der Waals surface area contributed by atoms with E-state index < -0.39 is 41.1 Å². The van der Waals surface area contributed by atoms with Crippen LogP contribution in [0.5, 0.6) is 0 Å². The first-order chi connectivity index (χ1) is 26.0. The SMILES string of the molecule is C=C/C(=C(\N=CC)[C@H](C)OC)c1c(CC(C)(C)CO)c2cc(-c3csc(C[C@H](NC(=O)OC(C)(C)C)C(=O)N4CCC[C@@H](C(=O)OC)N4)n3)ccc2n1CC. The highest BCUT2D eigenvalue weighted by Gasteiger charge is 2.34. The van der Waals surface area contributed by atoms with Crippen LogP contribution in [0.2, 0.25) is 0 Å². The summed E-state index contributed by atoms with van der Waals surface area (Å²) < 4.78 is 18.4. The molecule has 300 valence electrons. The molecule has 2 aromatic heterocycles. The Kier molecular flexibility index (Phi) is 14.6. The Hall–Kier alpha value is -4.37. The lowest BCUT2D eigenvalue weighted by Crippen LogP contribution is -2.60. The summed E-state index contributed by atoms with van der Waals surface area (Å²) in [6.45, 7) is 20.5. The molecule has 0 bridgehead atoms. The number of aliphatic hydroxyl groups excluding tert-OH is 1. The van der Waals surface area contributed by atoms with Gasteiger partial charge in [0.25, 0.3) is 5.91 Å². The van der Waals surface area contributed by atoms with Gasteiger partial charge in [0.1, 0.15) is 17.7 Å². The molecular formula is C41H58N6O7S. The first kappa shape index (κ1) is 43.4. The molecule has 3 heterocycles. The Morgan fingerprint density at radius 2 is 1.95 bits per heavy atom. The number of aliphatic hydroxyl groups is 1. The van der Waals surface area contributed by atoms with Crippen molar-refractivity contribution in [3.8, 4) is 11.3 Å². The van der Waals surface area contributed by atoms with Crippen LogP contribution < -0.4 is 10.7 Å². The molecule has 4 rings (SSSR count). The maximum absolute atomic E-state index is 13.9. The van der Waals surface area contributed by atoms with Gasteiger partial charge in [-0.1, -0.05) is 32.6 Å².